The minimum atomic E-state index is -4.02. The van der Waals surface area contributed by atoms with Gasteiger partial charge in [0.2, 0.25) is 0 Å². The molecule has 0 spiro atoms. The lowest BCUT2D eigenvalue weighted by molar-refractivity contribution is -0.281. The molecule has 0 aliphatic heterocycles. The van der Waals surface area contributed by atoms with Gasteiger partial charge in [-0.3, -0.25) is 56.1 Å². The zero-order valence-corrected chi connectivity index (χ0v) is 23.9. The number of nitrogens with zero attached hydrogens (tertiary/aromatic N) is 3. The molecule has 0 fully saturated rings. The number of carboxylic acid groups (broad SMARTS) is 3. The van der Waals surface area contributed by atoms with Crippen LogP contribution in [0.3, 0.4) is 0 Å². The Morgan fingerprint density at radius 2 is 1.07 bits per heavy atom. The van der Waals surface area contributed by atoms with Crippen molar-refractivity contribution in [1.29, 1.82) is 0 Å². The quantitative estimate of drug-likeness (QED) is 0.0393. The first-order valence-electron chi connectivity index (χ1n) is 10.2. The number of aliphatic hydroxyl groups is 2. The van der Waals surface area contributed by atoms with Gasteiger partial charge in [-0.15, -0.1) is 0 Å². The minimum Gasteiger partial charge on any atom is -0.480 e. The van der Waals surface area contributed by atoms with Gasteiger partial charge in [-0.1, -0.05) is 0 Å². The zero-order valence-electron chi connectivity index (χ0n) is 20.0. The lowest BCUT2D eigenvalue weighted by Crippen LogP contribution is -2.51. The number of hydrogen-bond donors (Lipinski definition) is 10. The van der Waals surface area contributed by atoms with Crippen molar-refractivity contribution in [1.82, 2.24) is 14.7 Å². The molecule has 0 aromatic heterocycles. The van der Waals surface area contributed by atoms with Crippen LogP contribution < -0.4 is 0 Å². The summed E-state index contributed by atoms with van der Waals surface area (Å²) in [5.41, 5.74) is 0. The van der Waals surface area contributed by atoms with Gasteiger partial charge >= 0.3 is 63.3 Å². The predicted molar refractivity (Wildman–Crippen MR) is 127 cm³/mol. The van der Waals surface area contributed by atoms with E-state index in [1.165, 1.54) is 0 Å². The van der Waals surface area contributed by atoms with Crippen molar-refractivity contribution in [3.63, 3.8) is 0 Å². The first kappa shape index (κ1) is 38.8. The van der Waals surface area contributed by atoms with Crippen LogP contribution in [0.15, 0.2) is 0 Å². The molecule has 40 heavy (non-hydrogen) atoms. The number of carbonyl (C=O) groups is 3. The molecular weight excluding hydrogens is 642 g/mol. The molecule has 0 aromatic carbocycles. The number of aliphatic carboxylic acids is 2. The van der Waals surface area contributed by atoms with Gasteiger partial charge in [0.1, 0.15) is 6.54 Å². The highest BCUT2D eigenvalue weighted by atomic mass is 31.2. The van der Waals surface area contributed by atoms with Gasteiger partial charge in [0.05, 0.1) is 19.6 Å². The van der Waals surface area contributed by atoms with Crippen LogP contribution in [0.5, 0.6) is 0 Å². The van der Waals surface area contributed by atoms with Crippen LogP contribution in [0, 0.1) is 0 Å². The molecular formula is C13H29N3O20P4. The molecule has 0 heterocycles. The molecule has 236 valence electrons. The molecule has 0 aromatic rings. The SMILES string of the molecule is O=C(O)CN(CCN(CC(=O)O)CC(O)(O[PH](=O)O)O[PH](=O)O)CCN(CC(O)(OP(O)O)O[PH](=O)O)C(=O)O. The first-order valence-corrected chi connectivity index (χ1v) is 15.1. The Morgan fingerprint density at radius 3 is 1.48 bits per heavy atom. The highest BCUT2D eigenvalue weighted by molar-refractivity contribution is 7.39. The van der Waals surface area contributed by atoms with E-state index < -0.39 is 116 Å². The molecule has 0 bridgehead atoms. The Balaban J connectivity index is 5.71. The molecule has 0 aliphatic carbocycles. The smallest absolute Gasteiger partial charge is 0.407 e. The largest absolute Gasteiger partial charge is 0.480 e. The molecule has 1 amide bonds. The molecule has 4 atom stereocenters. The molecule has 23 nitrogen and oxygen atoms in total. The summed E-state index contributed by atoms with van der Waals surface area (Å²) in [5, 5.41) is 47.9. The fourth-order valence-electron chi connectivity index (χ4n) is 2.88. The number of rotatable bonds is 22. The average Bonchev–Trinajstić information content (AvgIpc) is 2.70. The van der Waals surface area contributed by atoms with Crippen molar-refractivity contribution in [3.8, 4) is 0 Å². The topological polar surface area (TPSA) is 351 Å². The van der Waals surface area contributed by atoms with Crippen LogP contribution >= 0.6 is 33.4 Å². The summed E-state index contributed by atoms with van der Waals surface area (Å²) in [6, 6.07) is 0. The summed E-state index contributed by atoms with van der Waals surface area (Å²) < 4.78 is 49.7. The van der Waals surface area contributed by atoms with Gasteiger partial charge < -0.3 is 50.0 Å². The Morgan fingerprint density at radius 1 is 0.675 bits per heavy atom. The normalized spacial score (nSPS) is 17.2. The molecule has 0 saturated carbocycles. The first-order chi connectivity index (χ1) is 18.3. The number of carboxylic acids is 2. The zero-order chi connectivity index (χ0) is 31.3. The van der Waals surface area contributed by atoms with Gasteiger partial charge in [0, 0.05) is 26.2 Å². The summed E-state index contributed by atoms with van der Waals surface area (Å²) in [7, 11) is -15.4. The lowest BCUT2D eigenvalue weighted by atomic mass is 10.3. The fourth-order valence-corrected chi connectivity index (χ4v) is 4.52. The van der Waals surface area contributed by atoms with Gasteiger partial charge in [0.15, 0.2) is 0 Å². The van der Waals surface area contributed by atoms with Crippen LogP contribution in [0.25, 0.3) is 0 Å². The standard InChI is InChI=1S/C13H29N3O20P4/c17-9(18)5-14(3-4-16(11(21)22)8-13(24,35-39(29)30)36-40(31)32)1-2-15(6-10(19)20)7-12(23,33-37(25)26)34-38(27)28/h23-24,29-30,37-38,40H,1-8H2,(H,17,18)(H,19,20)(H,21,22)(H,25,26)(H,27,28)(H,31,32). The Bertz CT molecular complexity index is 910. The van der Waals surface area contributed by atoms with E-state index >= 15 is 0 Å². The van der Waals surface area contributed by atoms with Crippen molar-refractivity contribution in [2.75, 3.05) is 52.4 Å². The van der Waals surface area contributed by atoms with Crippen molar-refractivity contribution in [2.45, 2.75) is 11.9 Å². The Kier molecular flexibility index (Phi) is 17.8. The Labute approximate surface area is 227 Å². The van der Waals surface area contributed by atoms with Crippen molar-refractivity contribution in [3.05, 3.63) is 0 Å². The van der Waals surface area contributed by atoms with Gasteiger partial charge in [-0.25, -0.2) is 4.79 Å². The van der Waals surface area contributed by atoms with E-state index in [0.717, 1.165) is 9.80 Å². The Hall–Kier alpha value is -1.19. The van der Waals surface area contributed by atoms with E-state index in [2.05, 4.69) is 18.1 Å². The molecule has 0 radical (unpaired) electrons. The van der Waals surface area contributed by atoms with Gasteiger partial charge in [-0.05, 0) is 0 Å². The van der Waals surface area contributed by atoms with E-state index in [1.807, 2.05) is 0 Å². The van der Waals surface area contributed by atoms with E-state index in [0.29, 0.717) is 0 Å². The average molecular weight is 671 g/mol. The summed E-state index contributed by atoms with van der Waals surface area (Å²) >= 11 is 0. The van der Waals surface area contributed by atoms with Crippen LogP contribution in [-0.4, -0.2) is 147 Å². The number of amides is 1. The second kappa shape index (κ2) is 18.4. The van der Waals surface area contributed by atoms with Crippen molar-refractivity contribution in [2.24, 2.45) is 0 Å². The second-order valence-electron chi connectivity index (χ2n) is 7.35. The minimum absolute atomic E-state index is 0.284. The van der Waals surface area contributed by atoms with Crippen molar-refractivity contribution < 1.29 is 96.2 Å². The summed E-state index contributed by atoms with van der Waals surface area (Å²) in [4.78, 5) is 80.7. The summed E-state index contributed by atoms with van der Waals surface area (Å²) in [5.74, 6) is -9.53. The lowest BCUT2D eigenvalue weighted by Gasteiger charge is -2.33. The third-order valence-electron chi connectivity index (χ3n) is 4.19. The number of hydrogen-bond acceptors (Lipinski definition) is 16. The van der Waals surface area contributed by atoms with Gasteiger partial charge in [-0.2, -0.15) is 0 Å². The van der Waals surface area contributed by atoms with Crippen LogP contribution in [0.4, 0.5) is 4.79 Å². The maximum absolute atomic E-state index is 11.6. The van der Waals surface area contributed by atoms with Crippen LogP contribution in [0.2, 0.25) is 0 Å². The maximum atomic E-state index is 11.6. The molecule has 0 rings (SSSR count). The third-order valence-corrected chi connectivity index (χ3v) is 6.11. The highest BCUT2D eigenvalue weighted by Gasteiger charge is 2.39. The molecule has 10 N–H and O–H groups in total. The predicted octanol–water partition coefficient (Wildman–Crippen LogP) is -3.54. The maximum Gasteiger partial charge on any atom is 0.407 e. The van der Waals surface area contributed by atoms with Crippen LogP contribution in [-0.2, 0) is 41.4 Å². The third kappa shape index (κ3) is 18.3. The summed E-state index contributed by atoms with van der Waals surface area (Å²) in [6.45, 7) is -6.26. The molecule has 4 unspecified atom stereocenters. The fraction of sp³-hybridized carbons (Fsp3) is 0.769. The van der Waals surface area contributed by atoms with E-state index in [-0.39, 0.29) is 4.90 Å². The van der Waals surface area contributed by atoms with E-state index in [1.54, 1.807) is 0 Å². The van der Waals surface area contributed by atoms with Gasteiger partial charge in [0.25, 0.3) is 0 Å². The molecule has 0 aliphatic rings. The van der Waals surface area contributed by atoms with Crippen molar-refractivity contribution >= 4 is 51.4 Å². The highest BCUT2D eigenvalue weighted by Crippen LogP contribution is 2.37. The summed E-state index contributed by atoms with van der Waals surface area (Å²) in [6.07, 6.45) is -1.82. The second-order valence-corrected chi connectivity index (χ2v) is 10.2. The molecule has 27 heteroatoms. The molecule has 0 saturated heterocycles. The monoisotopic (exact) mass is 671 g/mol. The van der Waals surface area contributed by atoms with E-state index in [4.69, 9.17) is 34.7 Å². The van der Waals surface area contributed by atoms with Crippen LogP contribution in [0.1, 0.15) is 0 Å². The van der Waals surface area contributed by atoms with E-state index in [9.17, 15) is 43.4 Å².